The van der Waals surface area contributed by atoms with Crippen LogP contribution < -0.4 is 0 Å². The van der Waals surface area contributed by atoms with Gasteiger partial charge in [0.2, 0.25) is 0 Å². The van der Waals surface area contributed by atoms with Crippen molar-refractivity contribution in [1.82, 2.24) is 0 Å². The van der Waals surface area contributed by atoms with Crippen molar-refractivity contribution >= 4 is 11.9 Å². The first-order valence-corrected chi connectivity index (χ1v) is 8.20. The van der Waals surface area contributed by atoms with Crippen molar-refractivity contribution in [1.29, 1.82) is 0 Å². The molecule has 0 amide bonds. The molecule has 0 rings (SSSR count). The topological polar surface area (TPSA) is 72.8 Å². The minimum atomic E-state index is -0.814. The van der Waals surface area contributed by atoms with E-state index in [-0.39, 0.29) is 12.8 Å². The van der Waals surface area contributed by atoms with Crippen molar-refractivity contribution in [3.8, 4) is 0 Å². The fraction of sp³-hybridized carbons (Fsp3) is 0.875. The number of carbonyl (C=O) groups excluding carboxylic acids is 2. The van der Waals surface area contributed by atoms with Crippen LogP contribution in [0, 0.1) is 0 Å². The van der Waals surface area contributed by atoms with Crippen LogP contribution in [-0.4, -0.2) is 23.8 Å². The predicted molar refractivity (Wildman–Crippen MR) is 80.8 cm³/mol. The Hall–Kier alpha value is -1.10. The first-order valence-electron chi connectivity index (χ1n) is 8.20. The van der Waals surface area contributed by atoms with E-state index in [1.165, 1.54) is 51.4 Å². The third-order valence-electron chi connectivity index (χ3n) is 3.40. The van der Waals surface area contributed by atoms with Crippen LogP contribution in [0.15, 0.2) is 0 Å². The van der Waals surface area contributed by atoms with Crippen molar-refractivity contribution in [2.24, 2.45) is 0 Å². The molecular weight excluding hydrogens is 272 g/mol. The van der Waals surface area contributed by atoms with E-state index in [0.717, 1.165) is 12.8 Å². The molecular formula is C16H30O5. The average Bonchev–Trinajstić information content (AvgIpc) is 2.50. The average molecular weight is 302 g/mol. The van der Waals surface area contributed by atoms with Crippen LogP contribution in [0.25, 0.3) is 0 Å². The van der Waals surface area contributed by atoms with Gasteiger partial charge in [-0.15, -0.1) is 0 Å². The summed E-state index contributed by atoms with van der Waals surface area (Å²) in [6.45, 7) is 2.63. The lowest BCUT2D eigenvalue weighted by molar-refractivity contribution is -0.234. The van der Waals surface area contributed by atoms with Gasteiger partial charge < -0.3 is 9.62 Å². The Bertz CT molecular complexity index is 265. The maximum Gasteiger partial charge on any atom is 0.342 e. The van der Waals surface area contributed by atoms with Gasteiger partial charge in [0.15, 0.2) is 0 Å². The van der Waals surface area contributed by atoms with Gasteiger partial charge in [-0.1, -0.05) is 64.7 Å². The molecule has 0 saturated carbocycles. The number of rotatable bonds is 14. The summed E-state index contributed by atoms with van der Waals surface area (Å²) in [6, 6.07) is 0. The van der Waals surface area contributed by atoms with Gasteiger partial charge >= 0.3 is 11.9 Å². The second kappa shape index (κ2) is 15.3. The Kier molecular flexibility index (Phi) is 14.5. The number of hydrogen-bond donors (Lipinski definition) is 1. The second-order valence-electron chi connectivity index (χ2n) is 5.37. The monoisotopic (exact) mass is 302 g/mol. The molecule has 1 N–H and O–H groups in total. The summed E-state index contributed by atoms with van der Waals surface area (Å²) in [5, 5.41) is 8.02. The molecule has 0 radical (unpaired) electrons. The van der Waals surface area contributed by atoms with E-state index in [1.54, 1.807) is 0 Å². The zero-order chi connectivity index (χ0) is 15.8. The van der Waals surface area contributed by atoms with Gasteiger partial charge in [-0.25, -0.2) is 4.79 Å². The number of carbonyl (C=O) groups is 2. The number of esters is 1. The lowest BCUT2D eigenvalue weighted by Gasteiger charge is -2.04. The van der Waals surface area contributed by atoms with Gasteiger partial charge in [-0.2, -0.15) is 5.26 Å². The summed E-state index contributed by atoms with van der Waals surface area (Å²) in [6.07, 6.45) is 12.2. The van der Waals surface area contributed by atoms with Crippen LogP contribution in [0.4, 0.5) is 0 Å². The van der Waals surface area contributed by atoms with E-state index < -0.39 is 11.9 Å². The molecule has 0 atom stereocenters. The summed E-state index contributed by atoms with van der Waals surface area (Å²) in [5.74, 6) is -1.23. The van der Waals surface area contributed by atoms with Gasteiger partial charge in [-0.3, -0.25) is 4.79 Å². The highest BCUT2D eigenvalue weighted by molar-refractivity contribution is 5.77. The second-order valence-corrected chi connectivity index (χ2v) is 5.37. The molecule has 124 valence electrons. The Balaban J connectivity index is 3.18. The van der Waals surface area contributed by atoms with Crippen LogP contribution in [0.5, 0.6) is 0 Å². The highest BCUT2D eigenvalue weighted by Crippen LogP contribution is 2.10. The highest BCUT2D eigenvalue weighted by Gasteiger charge is 2.08. The molecule has 0 bridgehead atoms. The smallest absolute Gasteiger partial charge is 0.342 e. The number of unbranched alkanes of at least 4 members (excludes halogenated alkanes) is 9. The van der Waals surface area contributed by atoms with Crippen molar-refractivity contribution < 1.29 is 24.5 Å². The Labute approximate surface area is 127 Å². The molecule has 0 saturated heterocycles. The summed E-state index contributed by atoms with van der Waals surface area (Å²) in [7, 11) is 0. The van der Waals surface area contributed by atoms with E-state index in [9.17, 15) is 9.59 Å². The fourth-order valence-corrected chi connectivity index (χ4v) is 2.10. The van der Waals surface area contributed by atoms with Crippen LogP contribution in [0.3, 0.4) is 0 Å². The minimum Gasteiger partial charge on any atom is -0.466 e. The summed E-state index contributed by atoms with van der Waals surface area (Å²) in [4.78, 5) is 25.3. The summed E-state index contributed by atoms with van der Waals surface area (Å²) >= 11 is 0. The Morgan fingerprint density at radius 2 is 1.24 bits per heavy atom. The molecule has 5 heteroatoms. The van der Waals surface area contributed by atoms with E-state index in [0.29, 0.717) is 6.61 Å². The van der Waals surface area contributed by atoms with Gasteiger partial charge in [0.05, 0.1) is 19.4 Å². The summed E-state index contributed by atoms with van der Waals surface area (Å²) in [5.41, 5.74) is 0. The molecule has 0 heterocycles. The predicted octanol–water partition coefficient (Wildman–Crippen LogP) is 4.25. The van der Waals surface area contributed by atoms with E-state index in [1.807, 2.05) is 0 Å². The third-order valence-corrected chi connectivity index (χ3v) is 3.40. The minimum absolute atomic E-state index is 0.0445. The molecule has 0 aliphatic carbocycles. The van der Waals surface area contributed by atoms with E-state index >= 15 is 0 Å². The largest absolute Gasteiger partial charge is 0.466 e. The number of hydrogen-bond acceptors (Lipinski definition) is 5. The summed E-state index contributed by atoms with van der Waals surface area (Å²) < 4.78 is 4.98. The van der Waals surface area contributed by atoms with Crippen LogP contribution in [-0.2, 0) is 19.2 Å². The molecule has 0 aromatic carbocycles. The fourth-order valence-electron chi connectivity index (χ4n) is 2.10. The van der Waals surface area contributed by atoms with Crippen molar-refractivity contribution in [2.75, 3.05) is 6.61 Å². The molecule has 0 aromatic rings. The van der Waals surface area contributed by atoms with Crippen LogP contribution >= 0.6 is 0 Å². The first kappa shape index (κ1) is 19.9. The normalized spacial score (nSPS) is 10.4. The molecule has 0 aromatic heterocycles. The standard InChI is InChI=1S/C16H30O5/c1-2-3-4-5-6-7-8-9-10-11-14-20-15(17)12-13-16(18)21-19/h19H,2-14H2,1H3. The molecule has 0 fully saturated rings. The van der Waals surface area contributed by atoms with Gasteiger partial charge in [0, 0.05) is 0 Å². The van der Waals surface area contributed by atoms with Crippen molar-refractivity contribution in [3.05, 3.63) is 0 Å². The first-order chi connectivity index (χ1) is 10.2. The maximum absolute atomic E-state index is 11.2. The molecule has 0 spiro atoms. The van der Waals surface area contributed by atoms with Gasteiger partial charge in [-0.05, 0) is 6.42 Å². The lowest BCUT2D eigenvalue weighted by Crippen LogP contribution is -2.09. The lowest BCUT2D eigenvalue weighted by atomic mass is 10.1. The molecule has 21 heavy (non-hydrogen) atoms. The molecule has 0 aliphatic rings. The maximum atomic E-state index is 11.2. The number of ether oxygens (including phenoxy) is 1. The highest BCUT2D eigenvalue weighted by atomic mass is 17.1. The SMILES string of the molecule is CCCCCCCCCCCCOC(=O)CCC(=O)OO. The van der Waals surface area contributed by atoms with E-state index in [2.05, 4.69) is 11.8 Å². The zero-order valence-corrected chi connectivity index (χ0v) is 13.3. The Morgan fingerprint density at radius 3 is 1.76 bits per heavy atom. The Morgan fingerprint density at radius 1 is 0.762 bits per heavy atom. The molecule has 5 nitrogen and oxygen atoms in total. The third kappa shape index (κ3) is 15.1. The van der Waals surface area contributed by atoms with Gasteiger partial charge in [0.25, 0.3) is 0 Å². The van der Waals surface area contributed by atoms with Crippen molar-refractivity contribution in [2.45, 2.75) is 84.0 Å². The zero-order valence-electron chi connectivity index (χ0n) is 13.3. The van der Waals surface area contributed by atoms with Crippen LogP contribution in [0.2, 0.25) is 0 Å². The van der Waals surface area contributed by atoms with Crippen molar-refractivity contribution in [3.63, 3.8) is 0 Å². The van der Waals surface area contributed by atoms with Gasteiger partial charge in [0.1, 0.15) is 0 Å². The molecule has 0 aliphatic heterocycles. The quantitative estimate of drug-likeness (QED) is 0.225. The molecule has 0 unspecified atom stereocenters. The van der Waals surface area contributed by atoms with Crippen LogP contribution in [0.1, 0.15) is 84.0 Å². The van der Waals surface area contributed by atoms with E-state index in [4.69, 9.17) is 9.99 Å².